The lowest BCUT2D eigenvalue weighted by Crippen LogP contribution is -2.24. The molecule has 1 aromatic heterocycles. The second-order valence-corrected chi connectivity index (χ2v) is 7.98. The monoisotopic (exact) mass is 413 g/mol. The Morgan fingerprint density at radius 2 is 1.50 bits per heavy atom. The number of carbonyl (C=O) groups is 1. The highest BCUT2D eigenvalue weighted by molar-refractivity contribution is 8.00. The molecule has 5 heteroatoms. The van der Waals surface area contributed by atoms with Crippen LogP contribution in [0, 0.1) is 0 Å². The molecule has 0 aliphatic heterocycles. The molecule has 0 unspecified atom stereocenters. The Balaban J connectivity index is 1.46. The lowest BCUT2D eigenvalue weighted by molar-refractivity contribution is -0.118. The van der Waals surface area contributed by atoms with Crippen molar-refractivity contribution in [1.29, 1.82) is 0 Å². The molecule has 0 radical (unpaired) electrons. The van der Waals surface area contributed by atoms with Crippen molar-refractivity contribution in [2.24, 2.45) is 0 Å². The Morgan fingerprint density at radius 3 is 2.20 bits per heavy atom. The molecule has 0 aliphatic rings. The Kier molecular flexibility index (Phi) is 6.62. The van der Waals surface area contributed by atoms with E-state index >= 15 is 0 Å². The van der Waals surface area contributed by atoms with Crippen molar-refractivity contribution in [1.82, 2.24) is 15.1 Å². The van der Waals surface area contributed by atoms with Gasteiger partial charge in [0, 0.05) is 28.8 Å². The maximum absolute atomic E-state index is 12.4. The fourth-order valence-corrected chi connectivity index (χ4v) is 3.94. The maximum Gasteiger partial charge on any atom is 0.230 e. The summed E-state index contributed by atoms with van der Waals surface area (Å²) in [6.45, 7) is 1.14. The fraction of sp³-hybridized carbons (Fsp3) is 0.120. The fourth-order valence-electron chi connectivity index (χ4n) is 3.19. The minimum absolute atomic E-state index is 0.0127. The van der Waals surface area contributed by atoms with Crippen molar-refractivity contribution < 1.29 is 4.79 Å². The van der Waals surface area contributed by atoms with E-state index in [4.69, 9.17) is 5.10 Å². The number of benzene rings is 3. The van der Waals surface area contributed by atoms with Gasteiger partial charge in [-0.25, -0.2) is 0 Å². The molecule has 1 heterocycles. The van der Waals surface area contributed by atoms with Crippen LogP contribution in [0.5, 0.6) is 0 Å². The number of hydrogen-bond donors (Lipinski definition) is 1. The van der Waals surface area contributed by atoms with Gasteiger partial charge < -0.3 is 5.32 Å². The molecule has 0 atom stereocenters. The molecule has 3 aromatic carbocycles. The van der Waals surface area contributed by atoms with Crippen LogP contribution in [-0.4, -0.2) is 21.4 Å². The normalized spacial score (nSPS) is 10.7. The van der Waals surface area contributed by atoms with Gasteiger partial charge >= 0.3 is 0 Å². The third-order valence-corrected chi connectivity index (χ3v) is 5.67. The van der Waals surface area contributed by atoms with E-state index < -0.39 is 0 Å². The van der Waals surface area contributed by atoms with Crippen molar-refractivity contribution in [3.8, 4) is 11.3 Å². The van der Waals surface area contributed by atoms with Gasteiger partial charge in [0.1, 0.15) is 0 Å². The average molecular weight is 414 g/mol. The third-order valence-electron chi connectivity index (χ3n) is 4.66. The second-order valence-electron chi connectivity index (χ2n) is 6.93. The first-order valence-electron chi connectivity index (χ1n) is 9.88. The Morgan fingerprint density at radius 1 is 0.867 bits per heavy atom. The second kappa shape index (κ2) is 9.94. The summed E-state index contributed by atoms with van der Waals surface area (Å²) in [5, 5.41) is 7.85. The zero-order valence-corrected chi connectivity index (χ0v) is 17.4. The zero-order chi connectivity index (χ0) is 20.6. The van der Waals surface area contributed by atoms with Gasteiger partial charge in [-0.2, -0.15) is 5.10 Å². The van der Waals surface area contributed by atoms with Gasteiger partial charge in [-0.05, 0) is 17.7 Å². The van der Waals surface area contributed by atoms with E-state index in [0.29, 0.717) is 18.8 Å². The van der Waals surface area contributed by atoms with Gasteiger partial charge in [0.25, 0.3) is 0 Å². The molecule has 0 saturated heterocycles. The molecule has 1 amide bonds. The van der Waals surface area contributed by atoms with Crippen LogP contribution in [0.15, 0.2) is 102 Å². The van der Waals surface area contributed by atoms with Crippen LogP contribution in [-0.2, 0) is 17.9 Å². The predicted molar refractivity (Wildman–Crippen MR) is 122 cm³/mol. The molecule has 0 fully saturated rings. The quantitative estimate of drug-likeness (QED) is 0.413. The average Bonchev–Trinajstić information content (AvgIpc) is 3.21. The number of aromatic nitrogens is 2. The summed E-state index contributed by atoms with van der Waals surface area (Å²) < 4.78 is 1.94. The van der Waals surface area contributed by atoms with Crippen LogP contribution in [0.3, 0.4) is 0 Å². The van der Waals surface area contributed by atoms with E-state index in [1.165, 1.54) is 17.3 Å². The van der Waals surface area contributed by atoms with Crippen molar-refractivity contribution in [2.75, 3.05) is 5.75 Å². The predicted octanol–water partition coefficient (Wildman–Crippen LogP) is 5.01. The first-order chi connectivity index (χ1) is 14.8. The van der Waals surface area contributed by atoms with Crippen molar-refractivity contribution in [2.45, 2.75) is 18.0 Å². The number of nitrogens with one attached hydrogen (secondary N) is 1. The Labute approximate surface area is 181 Å². The molecule has 0 spiro atoms. The molecule has 4 rings (SSSR count). The highest BCUT2D eigenvalue weighted by Crippen LogP contribution is 2.22. The van der Waals surface area contributed by atoms with Gasteiger partial charge in [-0.3, -0.25) is 9.48 Å². The summed E-state index contributed by atoms with van der Waals surface area (Å²) in [5.41, 5.74) is 4.15. The number of hydrogen-bond acceptors (Lipinski definition) is 3. The lowest BCUT2D eigenvalue weighted by atomic mass is 10.1. The van der Waals surface area contributed by atoms with E-state index in [0.717, 1.165) is 21.7 Å². The van der Waals surface area contributed by atoms with Crippen LogP contribution < -0.4 is 5.32 Å². The molecule has 4 aromatic rings. The summed E-state index contributed by atoms with van der Waals surface area (Å²) in [6, 6.07) is 30.3. The first-order valence-corrected chi connectivity index (χ1v) is 10.9. The smallest absolute Gasteiger partial charge is 0.230 e. The number of rotatable bonds is 8. The standard InChI is InChI=1S/C25H23N3OS/c29-24(19-30-23-14-8-3-9-15-23)26-16-22-18-28(17-20-10-4-1-5-11-20)27-25(22)21-12-6-2-7-13-21/h1-15,18H,16-17,19H2,(H,26,29). The SMILES string of the molecule is O=C(CSc1ccccc1)NCc1cn(Cc2ccccc2)nc1-c1ccccc1. The minimum Gasteiger partial charge on any atom is -0.351 e. The summed E-state index contributed by atoms with van der Waals surface area (Å²) in [5.74, 6) is 0.404. The molecule has 1 N–H and O–H groups in total. The van der Waals surface area contributed by atoms with E-state index in [-0.39, 0.29) is 5.91 Å². The summed E-state index contributed by atoms with van der Waals surface area (Å²) in [7, 11) is 0. The number of amides is 1. The van der Waals surface area contributed by atoms with Crippen LogP contribution in [0.2, 0.25) is 0 Å². The lowest BCUT2D eigenvalue weighted by Gasteiger charge is -2.06. The summed E-state index contributed by atoms with van der Waals surface area (Å²) in [4.78, 5) is 13.5. The molecule has 0 bridgehead atoms. The topological polar surface area (TPSA) is 46.9 Å². The van der Waals surface area contributed by atoms with Gasteiger partial charge in [-0.15, -0.1) is 11.8 Å². The Hall–Kier alpha value is -3.31. The highest BCUT2D eigenvalue weighted by Gasteiger charge is 2.13. The van der Waals surface area contributed by atoms with Gasteiger partial charge in [0.2, 0.25) is 5.91 Å². The minimum atomic E-state index is 0.0127. The van der Waals surface area contributed by atoms with E-state index in [9.17, 15) is 4.79 Å². The Bertz CT molecular complexity index is 1080. The molecule has 4 nitrogen and oxygen atoms in total. The molecular formula is C25H23N3OS. The van der Waals surface area contributed by atoms with Crippen LogP contribution in [0.1, 0.15) is 11.1 Å². The molecular weight excluding hydrogens is 390 g/mol. The van der Waals surface area contributed by atoms with Gasteiger partial charge in [0.05, 0.1) is 18.0 Å². The molecule has 0 saturated carbocycles. The third kappa shape index (κ3) is 5.39. The van der Waals surface area contributed by atoms with E-state index in [2.05, 4.69) is 17.4 Å². The van der Waals surface area contributed by atoms with Crippen molar-refractivity contribution in [3.63, 3.8) is 0 Å². The van der Waals surface area contributed by atoms with Gasteiger partial charge in [0.15, 0.2) is 0 Å². The first kappa shape index (κ1) is 20.0. The zero-order valence-electron chi connectivity index (χ0n) is 16.6. The maximum atomic E-state index is 12.4. The number of nitrogens with zero attached hydrogens (tertiary/aromatic N) is 2. The summed E-state index contributed by atoms with van der Waals surface area (Å²) in [6.07, 6.45) is 2.03. The summed E-state index contributed by atoms with van der Waals surface area (Å²) >= 11 is 1.54. The highest BCUT2D eigenvalue weighted by atomic mass is 32.2. The van der Waals surface area contributed by atoms with E-state index in [1.54, 1.807) is 0 Å². The van der Waals surface area contributed by atoms with Crippen LogP contribution in [0.4, 0.5) is 0 Å². The van der Waals surface area contributed by atoms with Crippen molar-refractivity contribution >= 4 is 17.7 Å². The number of thioether (sulfide) groups is 1. The van der Waals surface area contributed by atoms with Crippen molar-refractivity contribution in [3.05, 3.63) is 108 Å². The number of carbonyl (C=O) groups excluding carboxylic acids is 1. The van der Waals surface area contributed by atoms with Crippen LogP contribution in [0.25, 0.3) is 11.3 Å². The molecule has 30 heavy (non-hydrogen) atoms. The largest absolute Gasteiger partial charge is 0.351 e. The molecule has 150 valence electrons. The van der Waals surface area contributed by atoms with E-state index in [1.807, 2.05) is 89.7 Å². The van der Waals surface area contributed by atoms with Crippen LogP contribution >= 0.6 is 11.8 Å². The van der Waals surface area contributed by atoms with Gasteiger partial charge in [-0.1, -0.05) is 78.9 Å². The molecule has 0 aliphatic carbocycles.